The number of rotatable bonds is 1. The third kappa shape index (κ3) is 1.27. The van der Waals surface area contributed by atoms with Gasteiger partial charge in [0.1, 0.15) is 0 Å². The largest absolute Gasteiger partial charge is 0.295 e. The fourth-order valence-electron chi connectivity index (χ4n) is 3.27. The van der Waals surface area contributed by atoms with Gasteiger partial charge in [0.2, 0.25) is 11.8 Å². The summed E-state index contributed by atoms with van der Waals surface area (Å²) in [6.45, 7) is 0. The molecule has 2 amide bonds. The van der Waals surface area contributed by atoms with Gasteiger partial charge in [-0.05, 0) is 22.3 Å². The number of hydrogen-bond acceptors (Lipinski definition) is 2. The molecule has 0 radical (unpaired) electrons. The molecule has 1 fully saturated rings. The monoisotopic (exact) mass is 249 g/mol. The van der Waals surface area contributed by atoms with Crippen LogP contribution in [0.5, 0.6) is 0 Å². The second-order valence-corrected chi connectivity index (χ2v) is 4.98. The van der Waals surface area contributed by atoms with Crippen LogP contribution in [0.1, 0.15) is 5.56 Å². The maximum atomic E-state index is 12.1. The van der Waals surface area contributed by atoms with Crippen LogP contribution >= 0.6 is 0 Å². The molecule has 3 aliphatic rings. The first kappa shape index (κ1) is 10.5. The molecule has 1 aromatic rings. The molecule has 3 heteroatoms. The summed E-state index contributed by atoms with van der Waals surface area (Å²) in [6.07, 6.45) is 5.89. The maximum absolute atomic E-state index is 12.1. The number of hydrogen-bond donors (Lipinski definition) is 1. The number of benzene rings is 1. The van der Waals surface area contributed by atoms with E-state index in [1.54, 1.807) is 0 Å². The van der Waals surface area contributed by atoms with Crippen molar-refractivity contribution in [3.8, 4) is 0 Å². The van der Waals surface area contributed by atoms with E-state index in [9.17, 15) is 9.59 Å². The van der Waals surface area contributed by atoms with Crippen molar-refractivity contribution in [3.63, 3.8) is 0 Å². The predicted octanol–water partition coefficient (Wildman–Crippen LogP) is 1.84. The Kier molecular flexibility index (Phi) is 1.96. The summed E-state index contributed by atoms with van der Waals surface area (Å²) in [5.41, 5.74) is 4.03. The molecule has 0 aromatic heterocycles. The number of nitrogens with one attached hydrogen (secondary N) is 1. The van der Waals surface area contributed by atoms with Gasteiger partial charge in [-0.3, -0.25) is 14.9 Å². The Bertz CT molecular complexity index is 695. The maximum Gasteiger partial charge on any atom is 0.235 e. The van der Waals surface area contributed by atoms with Gasteiger partial charge < -0.3 is 0 Å². The highest BCUT2D eigenvalue weighted by molar-refractivity contribution is 6.15. The van der Waals surface area contributed by atoms with E-state index in [2.05, 4.69) is 5.32 Å². The summed E-state index contributed by atoms with van der Waals surface area (Å²) >= 11 is 0. The molecule has 0 saturated carbocycles. The Labute approximate surface area is 110 Å². The number of carbonyl (C=O) groups excluding carboxylic acids is 2. The molecule has 1 aliphatic heterocycles. The molecule has 1 aromatic carbocycles. The van der Waals surface area contributed by atoms with Gasteiger partial charge in [-0.25, -0.2) is 0 Å². The molecule has 92 valence electrons. The summed E-state index contributed by atoms with van der Waals surface area (Å²) < 4.78 is 0. The minimum absolute atomic E-state index is 0.173. The van der Waals surface area contributed by atoms with Crippen LogP contribution < -0.4 is 5.32 Å². The topological polar surface area (TPSA) is 46.2 Å². The van der Waals surface area contributed by atoms with Crippen molar-refractivity contribution in [2.75, 3.05) is 0 Å². The smallest absolute Gasteiger partial charge is 0.235 e. The van der Waals surface area contributed by atoms with Crippen molar-refractivity contribution in [2.45, 2.75) is 0 Å². The van der Waals surface area contributed by atoms with Gasteiger partial charge in [-0.15, -0.1) is 0 Å². The molecule has 0 bridgehead atoms. The molecule has 2 atom stereocenters. The lowest BCUT2D eigenvalue weighted by Crippen LogP contribution is -2.23. The van der Waals surface area contributed by atoms with Crippen molar-refractivity contribution >= 4 is 17.4 Å². The molecular weight excluding hydrogens is 238 g/mol. The van der Waals surface area contributed by atoms with Crippen LogP contribution in [0.4, 0.5) is 0 Å². The molecule has 1 N–H and O–H groups in total. The van der Waals surface area contributed by atoms with E-state index in [0.717, 1.165) is 22.3 Å². The third-order valence-electron chi connectivity index (χ3n) is 4.02. The van der Waals surface area contributed by atoms with Gasteiger partial charge in [0, 0.05) is 0 Å². The highest BCUT2D eigenvalue weighted by Crippen LogP contribution is 2.50. The van der Waals surface area contributed by atoms with Crippen molar-refractivity contribution in [1.29, 1.82) is 0 Å². The van der Waals surface area contributed by atoms with E-state index in [1.165, 1.54) is 0 Å². The second kappa shape index (κ2) is 3.54. The number of imide groups is 1. The van der Waals surface area contributed by atoms with Crippen molar-refractivity contribution in [3.05, 3.63) is 65.3 Å². The van der Waals surface area contributed by atoms with Crippen molar-refractivity contribution < 1.29 is 9.59 Å². The van der Waals surface area contributed by atoms with E-state index in [0.29, 0.717) is 0 Å². The Balaban J connectivity index is 1.96. The van der Waals surface area contributed by atoms with E-state index in [-0.39, 0.29) is 23.7 Å². The molecule has 0 unspecified atom stereocenters. The molecule has 3 nitrogen and oxygen atoms in total. The highest BCUT2D eigenvalue weighted by Gasteiger charge is 2.52. The van der Waals surface area contributed by atoms with Crippen LogP contribution in [-0.4, -0.2) is 11.8 Å². The average molecular weight is 249 g/mol. The van der Waals surface area contributed by atoms with Crippen LogP contribution in [0.2, 0.25) is 0 Å². The molecule has 2 aliphatic carbocycles. The lowest BCUT2D eigenvalue weighted by molar-refractivity contribution is -0.125. The Morgan fingerprint density at radius 2 is 1.68 bits per heavy atom. The number of amides is 2. The van der Waals surface area contributed by atoms with E-state index in [4.69, 9.17) is 0 Å². The van der Waals surface area contributed by atoms with Gasteiger partial charge in [0.05, 0.1) is 11.8 Å². The zero-order valence-electron chi connectivity index (χ0n) is 10.1. The average Bonchev–Trinajstić information content (AvgIpc) is 3.04. The summed E-state index contributed by atoms with van der Waals surface area (Å²) in [6, 6.07) is 9.83. The fourth-order valence-corrected chi connectivity index (χ4v) is 3.27. The number of fused-ring (bicyclic) bond motifs is 3. The van der Waals surface area contributed by atoms with Crippen molar-refractivity contribution in [1.82, 2.24) is 5.32 Å². The highest BCUT2D eigenvalue weighted by atomic mass is 16.2. The third-order valence-corrected chi connectivity index (χ3v) is 4.02. The van der Waals surface area contributed by atoms with Gasteiger partial charge in [0.25, 0.3) is 0 Å². The first-order valence-corrected chi connectivity index (χ1v) is 6.30. The molecule has 19 heavy (non-hydrogen) atoms. The lowest BCUT2D eigenvalue weighted by Gasteiger charge is -2.11. The number of carbonyl (C=O) groups is 2. The lowest BCUT2D eigenvalue weighted by atomic mass is 9.88. The van der Waals surface area contributed by atoms with Gasteiger partial charge in [0.15, 0.2) is 0 Å². The minimum Gasteiger partial charge on any atom is -0.295 e. The van der Waals surface area contributed by atoms with Crippen LogP contribution in [0.25, 0.3) is 5.57 Å². The Morgan fingerprint density at radius 1 is 0.947 bits per heavy atom. The molecule has 4 rings (SSSR count). The predicted molar refractivity (Wildman–Crippen MR) is 70.7 cm³/mol. The summed E-state index contributed by atoms with van der Waals surface area (Å²) in [5.74, 6) is -1.05. The standard InChI is InChI=1S/C16H11NO2/c18-15-13-11-8-4-7-10(11)12(14(13)16(19)17-15)9-5-2-1-3-6-9/h1-8,13-14H,(H,17,18,19)/t13-,14+/m0/s1. The van der Waals surface area contributed by atoms with E-state index in [1.807, 2.05) is 48.6 Å². The second-order valence-electron chi connectivity index (χ2n) is 4.98. The molecular formula is C16H11NO2. The van der Waals surface area contributed by atoms with Gasteiger partial charge in [-0.2, -0.15) is 0 Å². The van der Waals surface area contributed by atoms with E-state index >= 15 is 0 Å². The van der Waals surface area contributed by atoms with Gasteiger partial charge in [-0.1, -0.05) is 48.6 Å². The number of allylic oxidation sites excluding steroid dienone is 4. The fraction of sp³-hybridized carbons (Fsp3) is 0.125. The first-order valence-electron chi connectivity index (χ1n) is 6.30. The zero-order valence-corrected chi connectivity index (χ0v) is 10.1. The summed E-state index contributed by atoms with van der Waals surface area (Å²) in [5, 5.41) is 2.45. The summed E-state index contributed by atoms with van der Waals surface area (Å²) in [7, 11) is 0. The first-order chi connectivity index (χ1) is 9.27. The van der Waals surface area contributed by atoms with E-state index < -0.39 is 0 Å². The zero-order chi connectivity index (χ0) is 13.0. The van der Waals surface area contributed by atoms with Gasteiger partial charge >= 0.3 is 0 Å². The minimum atomic E-state index is -0.360. The molecule has 1 saturated heterocycles. The normalized spacial score (nSPS) is 27.5. The van der Waals surface area contributed by atoms with Crippen LogP contribution in [-0.2, 0) is 9.59 Å². The Morgan fingerprint density at radius 3 is 2.47 bits per heavy atom. The quantitative estimate of drug-likeness (QED) is 0.772. The molecule has 0 spiro atoms. The molecule has 1 heterocycles. The van der Waals surface area contributed by atoms with Crippen LogP contribution in [0.15, 0.2) is 59.7 Å². The van der Waals surface area contributed by atoms with Crippen molar-refractivity contribution in [2.24, 2.45) is 11.8 Å². The SMILES string of the molecule is O=C1NC(=O)[C@H]2C3=CC=CC3=C(c3ccccc3)[C@@H]12. The Hall–Kier alpha value is -2.42. The summed E-state index contributed by atoms with van der Waals surface area (Å²) in [4.78, 5) is 24.0. The van der Waals surface area contributed by atoms with Crippen LogP contribution in [0.3, 0.4) is 0 Å². The van der Waals surface area contributed by atoms with Crippen LogP contribution in [0, 0.1) is 11.8 Å².